The zero-order chi connectivity index (χ0) is 20.4. The number of fused-ring (bicyclic) bond motifs is 1. The summed E-state index contributed by atoms with van der Waals surface area (Å²) in [6.45, 7) is 2.47. The maximum atomic E-state index is 14.3. The molecule has 1 amide bonds. The van der Waals surface area contributed by atoms with Gasteiger partial charge in [-0.1, -0.05) is 13.3 Å². The number of aromatic amines is 2. The first-order valence-electron chi connectivity index (χ1n) is 9.56. The standard InChI is InChI=1S/C22H22FN5O/c1-3-4-19-11-20(27-26-19)13-28(2)22(29)16-8-15(9-18(23)10-16)17-7-14-5-6-24-21(14)25-12-17/h5-12H,3-4,13H2,1-2H3,(H,24,25)(H,26,27). The van der Waals surface area contributed by atoms with Gasteiger partial charge in [0, 0.05) is 36.0 Å². The SMILES string of the molecule is CCCc1cc(CN(C)C(=O)c2cc(F)cc(-c3cnc4[nH]ccc4c3)c2)[nH]n1. The number of carbonyl (C=O) groups is 1. The molecule has 7 heteroatoms. The molecule has 2 N–H and O–H groups in total. The zero-order valence-electron chi connectivity index (χ0n) is 16.4. The number of H-pyrrole nitrogens is 2. The lowest BCUT2D eigenvalue weighted by molar-refractivity contribution is 0.0783. The molecule has 0 saturated carbocycles. The van der Waals surface area contributed by atoms with Crippen LogP contribution in [-0.4, -0.2) is 38.0 Å². The van der Waals surface area contributed by atoms with Gasteiger partial charge in [0.05, 0.1) is 17.9 Å². The van der Waals surface area contributed by atoms with E-state index in [0.717, 1.165) is 40.8 Å². The van der Waals surface area contributed by atoms with Gasteiger partial charge < -0.3 is 9.88 Å². The van der Waals surface area contributed by atoms with E-state index in [-0.39, 0.29) is 5.91 Å². The van der Waals surface area contributed by atoms with E-state index in [2.05, 4.69) is 27.1 Å². The summed E-state index contributed by atoms with van der Waals surface area (Å²) in [6.07, 6.45) is 5.37. The molecule has 0 spiro atoms. The predicted molar refractivity (Wildman–Crippen MR) is 110 cm³/mol. The molecule has 0 aliphatic rings. The van der Waals surface area contributed by atoms with E-state index >= 15 is 0 Å². The summed E-state index contributed by atoms with van der Waals surface area (Å²) in [5.41, 5.74) is 4.26. The van der Waals surface area contributed by atoms with Crippen LogP contribution in [0.3, 0.4) is 0 Å². The van der Waals surface area contributed by atoms with Crippen LogP contribution in [0.15, 0.2) is 48.8 Å². The number of hydrogen-bond donors (Lipinski definition) is 2. The number of amides is 1. The van der Waals surface area contributed by atoms with Crippen LogP contribution in [-0.2, 0) is 13.0 Å². The fraction of sp³-hybridized carbons (Fsp3) is 0.227. The zero-order valence-corrected chi connectivity index (χ0v) is 16.4. The van der Waals surface area contributed by atoms with Crippen LogP contribution in [0.4, 0.5) is 4.39 Å². The summed E-state index contributed by atoms with van der Waals surface area (Å²) in [5, 5.41) is 8.14. The average Bonchev–Trinajstić information content (AvgIpc) is 3.35. The van der Waals surface area contributed by atoms with Crippen LogP contribution in [0.2, 0.25) is 0 Å². The summed E-state index contributed by atoms with van der Waals surface area (Å²) in [6, 6.07) is 10.2. The van der Waals surface area contributed by atoms with Crippen LogP contribution in [0.5, 0.6) is 0 Å². The van der Waals surface area contributed by atoms with E-state index in [4.69, 9.17) is 0 Å². The van der Waals surface area contributed by atoms with Crippen molar-refractivity contribution in [3.8, 4) is 11.1 Å². The van der Waals surface area contributed by atoms with Crippen molar-refractivity contribution in [2.24, 2.45) is 0 Å². The molecule has 0 fully saturated rings. The Morgan fingerprint density at radius 2 is 2.03 bits per heavy atom. The van der Waals surface area contributed by atoms with Crippen LogP contribution in [0, 0.1) is 5.82 Å². The maximum Gasteiger partial charge on any atom is 0.254 e. The molecule has 29 heavy (non-hydrogen) atoms. The first kappa shape index (κ1) is 18.9. The maximum absolute atomic E-state index is 14.3. The minimum Gasteiger partial charge on any atom is -0.346 e. The highest BCUT2D eigenvalue weighted by atomic mass is 19.1. The second-order valence-corrected chi connectivity index (χ2v) is 7.16. The summed E-state index contributed by atoms with van der Waals surface area (Å²) >= 11 is 0. The van der Waals surface area contributed by atoms with Gasteiger partial charge in [-0.2, -0.15) is 5.10 Å². The van der Waals surface area contributed by atoms with E-state index in [0.29, 0.717) is 17.7 Å². The molecule has 1 aromatic carbocycles. The van der Waals surface area contributed by atoms with Crippen LogP contribution < -0.4 is 0 Å². The van der Waals surface area contributed by atoms with E-state index < -0.39 is 5.82 Å². The molecular weight excluding hydrogens is 369 g/mol. The number of hydrogen-bond acceptors (Lipinski definition) is 3. The third-order valence-corrected chi connectivity index (χ3v) is 4.82. The number of nitrogens with one attached hydrogen (secondary N) is 2. The minimum atomic E-state index is -0.458. The van der Waals surface area contributed by atoms with E-state index in [1.165, 1.54) is 12.1 Å². The second-order valence-electron chi connectivity index (χ2n) is 7.16. The number of aromatic nitrogens is 4. The largest absolute Gasteiger partial charge is 0.346 e. The average molecular weight is 391 g/mol. The molecule has 148 valence electrons. The number of benzene rings is 1. The molecule has 0 saturated heterocycles. The smallest absolute Gasteiger partial charge is 0.254 e. The van der Waals surface area contributed by atoms with E-state index in [9.17, 15) is 9.18 Å². The summed E-state index contributed by atoms with van der Waals surface area (Å²) in [7, 11) is 1.70. The number of rotatable bonds is 6. The molecule has 0 bridgehead atoms. The molecule has 0 aliphatic carbocycles. The predicted octanol–water partition coefficient (Wildman–Crippen LogP) is 4.32. The highest BCUT2D eigenvalue weighted by molar-refractivity contribution is 5.95. The summed E-state index contributed by atoms with van der Waals surface area (Å²) in [5.74, 6) is -0.715. The lowest BCUT2D eigenvalue weighted by atomic mass is 10.0. The van der Waals surface area contributed by atoms with Crippen molar-refractivity contribution >= 4 is 16.9 Å². The number of pyridine rings is 1. The van der Waals surface area contributed by atoms with Crippen molar-refractivity contribution in [2.75, 3.05) is 7.05 Å². The molecule has 3 aromatic heterocycles. The number of nitrogens with zero attached hydrogens (tertiary/aromatic N) is 3. The normalized spacial score (nSPS) is 11.1. The van der Waals surface area contributed by atoms with Crippen molar-refractivity contribution in [3.63, 3.8) is 0 Å². The van der Waals surface area contributed by atoms with Gasteiger partial charge in [-0.3, -0.25) is 9.89 Å². The Bertz CT molecular complexity index is 1160. The number of aryl methyl sites for hydroxylation is 1. The van der Waals surface area contributed by atoms with Crippen LogP contribution >= 0.6 is 0 Å². The Hall–Kier alpha value is -3.48. The second kappa shape index (κ2) is 7.87. The molecule has 4 aromatic rings. The first-order valence-corrected chi connectivity index (χ1v) is 9.56. The van der Waals surface area contributed by atoms with Crippen molar-refractivity contribution < 1.29 is 9.18 Å². The molecule has 4 rings (SSSR count). The van der Waals surface area contributed by atoms with Gasteiger partial charge in [-0.25, -0.2) is 9.37 Å². The highest BCUT2D eigenvalue weighted by Crippen LogP contribution is 2.25. The van der Waals surface area contributed by atoms with Gasteiger partial charge >= 0.3 is 0 Å². The fourth-order valence-electron chi connectivity index (χ4n) is 3.40. The monoisotopic (exact) mass is 391 g/mol. The Morgan fingerprint density at radius 3 is 2.86 bits per heavy atom. The van der Waals surface area contributed by atoms with Crippen molar-refractivity contribution in [3.05, 3.63) is 71.6 Å². The van der Waals surface area contributed by atoms with Crippen LogP contribution in [0.25, 0.3) is 22.2 Å². The van der Waals surface area contributed by atoms with E-state index in [1.807, 2.05) is 18.2 Å². The number of carbonyl (C=O) groups excluding carboxylic acids is 1. The fourth-order valence-corrected chi connectivity index (χ4v) is 3.40. The highest BCUT2D eigenvalue weighted by Gasteiger charge is 2.16. The van der Waals surface area contributed by atoms with Crippen molar-refractivity contribution in [1.82, 2.24) is 25.1 Å². The quantitative estimate of drug-likeness (QED) is 0.514. The van der Waals surface area contributed by atoms with E-state index in [1.54, 1.807) is 30.4 Å². The lowest BCUT2D eigenvalue weighted by Crippen LogP contribution is -2.26. The van der Waals surface area contributed by atoms with Gasteiger partial charge in [0.2, 0.25) is 0 Å². The summed E-state index contributed by atoms with van der Waals surface area (Å²) < 4.78 is 14.3. The molecule has 6 nitrogen and oxygen atoms in total. The molecular formula is C22H22FN5O. The molecule has 0 atom stereocenters. The number of halogens is 1. The van der Waals surface area contributed by atoms with Crippen molar-refractivity contribution in [2.45, 2.75) is 26.3 Å². The van der Waals surface area contributed by atoms with Gasteiger partial charge in [0.15, 0.2) is 0 Å². The minimum absolute atomic E-state index is 0.256. The Balaban J connectivity index is 1.57. The molecule has 0 unspecified atom stereocenters. The molecule has 3 heterocycles. The van der Waals surface area contributed by atoms with Gasteiger partial charge in [0.1, 0.15) is 11.5 Å². The van der Waals surface area contributed by atoms with Crippen LogP contribution in [0.1, 0.15) is 35.1 Å². The Labute approximate surface area is 167 Å². The molecule has 0 aliphatic heterocycles. The van der Waals surface area contributed by atoms with Gasteiger partial charge in [-0.05, 0) is 48.4 Å². The van der Waals surface area contributed by atoms with Gasteiger partial charge in [0.25, 0.3) is 5.91 Å². The third kappa shape index (κ3) is 4.03. The third-order valence-electron chi connectivity index (χ3n) is 4.82. The Morgan fingerprint density at radius 1 is 1.17 bits per heavy atom. The Kier molecular flexibility index (Phi) is 5.12. The molecule has 0 radical (unpaired) electrons. The van der Waals surface area contributed by atoms with Gasteiger partial charge in [-0.15, -0.1) is 0 Å². The topological polar surface area (TPSA) is 77.7 Å². The summed E-state index contributed by atoms with van der Waals surface area (Å²) in [4.78, 5) is 21.8. The van der Waals surface area contributed by atoms with Crippen molar-refractivity contribution in [1.29, 1.82) is 0 Å². The lowest BCUT2D eigenvalue weighted by Gasteiger charge is -2.17. The first-order chi connectivity index (χ1) is 14.0.